The fraction of sp³-hybridized carbons (Fsp3) is 0.250. The van der Waals surface area contributed by atoms with E-state index in [2.05, 4.69) is 32.5 Å². The summed E-state index contributed by atoms with van der Waals surface area (Å²) in [6, 6.07) is 15.9. The highest BCUT2D eigenvalue weighted by Crippen LogP contribution is 2.29. The molecule has 0 fully saturated rings. The van der Waals surface area contributed by atoms with Gasteiger partial charge in [-0.1, -0.05) is 49.7 Å². The van der Waals surface area contributed by atoms with Crippen molar-refractivity contribution in [3.63, 3.8) is 0 Å². The van der Waals surface area contributed by atoms with Crippen LogP contribution in [0.2, 0.25) is 0 Å². The van der Waals surface area contributed by atoms with Gasteiger partial charge >= 0.3 is 5.69 Å². The van der Waals surface area contributed by atoms with Gasteiger partial charge in [0, 0.05) is 35.4 Å². The second-order valence-electron chi connectivity index (χ2n) is 8.94. The van der Waals surface area contributed by atoms with E-state index in [1.54, 1.807) is 24.1 Å². The Hall–Kier alpha value is -4.53. The first kappa shape index (κ1) is 24.2. The van der Waals surface area contributed by atoms with E-state index in [0.717, 1.165) is 58.5 Å². The summed E-state index contributed by atoms with van der Waals surface area (Å²) >= 11 is 0. The minimum Gasteiger partial charge on any atom is -0.495 e. The number of rotatable bonds is 9. The third-order valence-electron chi connectivity index (χ3n) is 6.52. The van der Waals surface area contributed by atoms with Crippen LogP contribution in [0.3, 0.4) is 0 Å². The molecule has 3 aromatic heterocycles. The van der Waals surface area contributed by atoms with E-state index in [4.69, 9.17) is 4.74 Å². The number of nitrogens with one attached hydrogen (secondary N) is 1. The number of hydrogen-bond donors (Lipinski definition) is 1. The van der Waals surface area contributed by atoms with E-state index >= 15 is 0 Å². The van der Waals surface area contributed by atoms with Gasteiger partial charge in [0.2, 0.25) is 5.82 Å². The molecule has 9 nitrogen and oxygen atoms in total. The van der Waals surface area contributed by atoms with Crippen LogP contribution in [0.15, 0.2) is 71.9 Å². The van der Waals surface area contributed by atoms with Crippen LogP contribution in [0.25, 0.3) is 28.2 Å². The lowest BCUT2D eigenvalue weighted by molar-refractivity contribution is 0.412. The number of unbranched alkanes of at least 4 members (excludes halogenated alkanes) is 1. The number of ether oxygens (including phenoxy) is 1. The average molecular weight is 496 g/mol. The van der Waals surface area contributed by atoms with Gasteiger partial charge in [-0.25, -0.2) is 4.79 Å². The Kier molecular flexibility index (Phi) is 6.93. The maximum absolute atomic E-state index is 13.7. The number of methoxy groups -OCH3 is 1. The lowest BCUT2D eigenvalue weighted by Crippen LogP contribution is -2.25. The Morgan fingerprint density at radius 2 is 1.89 bits per heavy atom. The molecule has 0 atom stereocenters. The Labute approximate surface area is 214 Å². The zero-order valence-corrected chi connectivity index (χ0v) is 21.2. The number of pyridine rings is 1. The third-order valence-corrected chi connectivity index (χ3v) is 6.52. The molecule has 188 valence electrons. The zero-order valence-electron chi connectivity index (χ0n) is 21.2. The largest absolute Gasteiger partial charge is 0.495 e. The Balaban J connectivity index is 1.50. The summed E-state index contributed by atoms with van der Waals surface area (Å²) in [5.74, 6) is 1.20. The van der Waals surface area contributed by atoms with Crippen molar-refractivity contribution >= 4 is 0 Å². The predicted molar refractivity (Wildman–Crippen MR) is 142 cm³/mol. The molecule has 37 heavy (non-hydrogen) atoms. The second kappa shape index (κ2) is 10.6. The molecule has 0 amide bonds. The third kappa shape index (κ3) is 4.80. The molecule has 5 aromatic rings. The molecular weight excluding hydrogens is 466 g/mol. The number of aryl methyl sites for hydroxylation is 2. The highest BCUT2D eigenvalue weighted by Gasteiger charge is 2.18. The average Bonchev–Trinajstić information content (AvgIpc) is 3.57. The standard InChI is InChI=1S/C28H29N7O2/c1-4-5-8-22-18-35(26-19(2)7-6-9-25(26)37-3)28(36)34(22)17-20-10-12-21(13-11-20)24-16-29-15-14-23(24)27-30-32-33-31-27/h6-7,9-16,18H,4-5,8,17H2,1-3H3,(H,30,31,32,33). The first-order valence-corrected chi connectivity index (χ1v) is 12.3. The van der Waals surface area contributed by atoms with Gasteiger partial charge in [-0.05, 0) is 53.8 Å². The molecule has 0 aliphatic carbocycles. The zero-order chi connectivity index (χ0) is 25.8. The summed E-state index contributed by atoms with van der Waals surface area (Å²) < 4.78 is 9.18. The van der Waals surface area contributed by atoms with Crippen LogP contribution < -0.4 is 10.4 Å². The highest BCUT2D eigenvalue weighted by atomic mass is 16.5. The van der Waals surface area contributed by atoms with Crippen LogP contribution >= 0.6 is 0 Å². The van der Waals surface area contributed by atoms with E-state index in [0.29, 0.717) is 18.1 Å². The van der Waals surface area contributed by atoms with Crippen molar-refractivity contribution < 1.29 is 4.74 Å². The van der Waals surface area contributed by atoms with E-state index < -0.39 is 0 Å². The minimum atomic E-state index is -0.0746. The number of aromatic amines is 1. The van der Waals surface area contributed by atoms with Crippen LogP contribution in [-0.2, 0) is 13.0 Å². The summed E-state index contributed by atoms with van der Waals surface area (Å²) in [7, 11) is 1.63. The minimum absolute atomic E-state index is 0.0746. The van der Waals surface area contributed by atoms with Crippen LogP contribution in [-0.4, -0.2) is 41.9 Å². The Morgan fingerprint density at radius 3 is 2.62 bits per heavy atom. The number of H-pyrrole nitrogens is 1. The summed E-state index contributed by atoms with van der Waals surface area (Å²) in [5, 5.41) is 14.4. The molecule has 0 aliphatic rings. The number of aromatic nitrogens is 7. The summed E-state index contributed by atoms with van der Waals surface area (Å²) in [5.41, 5.74) is 6.47. The van der Waals surface area contributed by atoms with E-state index in [-0.39, 0.29) is 5.69 Å². The predicted octanol–water partition coefficient (Wildman–Crippen LogP) is 4.59. The number of tetrazole rings is 1. The smallest absolute Gasteiger partial charge is 0.333 e. The molecule has 3 heterocycles. The van der Waals surface area contributed by atoms with Crippen molar-refractivity contribution in [3.8, 4) is 34.0 Å². The van der Waals surface area contributed by atoms with Crippen molar-refractivity contribution in [2.45, 2.75) is 39.7 Å². The molecule has 0 bridgehead atoms. The van der Waals surface area contributed by atoms with Crippen molar-refractivity contribution in [1.29, 1.82) is 0 Å². The van der Waals surface area contributed by atoms with E-state index in [9.17, 15) is 4.79 Å². The van der Waals surface area contributed by atoms with Gasteiger partial charge in [0.05, 0.1) is 19.3 Å². The van der Waals surface area contributed by atoms with Gasteiger partial charge in [-0.15, -0.1) is 10.2 Å². The van der Waals surface area contributed by atoms with E-state index in [1.165, 1.54) is 0 Å². The first-order valence-electron chi connectivity index (χ1n) is 12.3. The molecule has 2 aromatic carbocycles. The van der Waals surface area contributed by atoms with Gasteiger partial charge in [0.25, 0.3) is 0 Å². The lowest BCUT2D eigenvalue weighted by Gasteiger charge is -2.11. The van der Waals surface area contributed by atoms with Gasteiger partial charge in [0.15, 0.2) is 0 Å². The fourth-order valence-corrected chi connectivity index (χ4v) is 4.59. The maximum atomic E-state index is 13.7. The summed E-state index contributed by atoms with van der Waals surface area (Å²) in [6.45, 7) is 4.63. The van der Waals surface area contributed by atoms with Crippen LogP contribution in [0, 0.1) is 6.92 Å². The molecule has 0 radical (unpaired) electrons. The molecule has 0 aliphatic heterocycles. The molecule has 0 saturated heterocycles. The Bertz CT molecular complexity index is 1550. The molecule has 9 heteroatoms. The maximum Gasteiger partial charge on any atom is 0.333 e. The lowest BCUT2D eigenvalue weighted by atomic mass is 10.0. The number of nitrogens with zero attached hydrogens (tertiary/aromatic N) is 6. The normalized spacial score (nSPS) is 11.1. The topological polar surface area (TPSA) is 104 Å². The van der Waals surface area contributed by atoms with Crippen LogP contribution in [0.5, 0.6) is 5.75 Å². The van der Waals surface area contributed by atoms with Gasteiger partial charge in [-0.2, -0.15) is 5.21 Å². The molecule has 0 unspecified atom stereocenters. The quantitative estimate of drug-likeness (QED) is 0.321. The number of benzene rings is 2. The second-order valence-corrected chi connectivity index (χ2v) is 8.94. The fourth-order valence-electron chi connectivity index (χ4n) is 4.59. The Morgan fingerprint density at radius 1 is 1.05 bits per heavy atom. The van der Waals surface area contributed by atoms with E-state index in [1.807, 2.05) is 66.2 Å². The van der Waals surface area contributed by atoms with Crippen molar-refractivity contribution in [3.05, 3.63) is 94.4 Å². The number of para-hydroxylation sites is 1. The number of hydrogen-bond acceptors (Lipinski definition) is 6. The molecule has 0 saturated carbocycles. The van der Waals surface area contributed by atoms with Gasteiger partial charge in [-0.3, -0.25) is 14.1 Å². The molecule has 5 rings (SSSR count). The highest BCUT2D eigenvalue weighted by molar-refractivity contribution is 5.79. The first-order chi connectivity index (χ1) is 18.1. The SMILES string of the molecule is CCCCc1cn(-c2c(C)cccc2OC)c(=O)n1Cc1ccc(-c2cnccc2-c2nn[nH]n2)cc1. The van der Waals surface area contributed by atoms with Gasteiger partial charge < -0.3 is 4.74 Å². The van der Waals surface area contributed by atoms with Gasteiger partial charge in [0.1, 0.15) is 5.75 Å². The summed E-state index contributed by atoms with van der Waals surface area (Å²) in [6.07, 6.45) is 8.35. The monoisotopic (exact) mass is 495 g/mol. The number of imidazole rings is 1. The van der Waals surface area contributed by atoms with Crippen LogP contribution in [0.4, 0.5) is 0 Å². The summed E-state index contributed by atoms with van der Waals surface area (Å²) in [4.78, 5) is 18.0. The van der Waals surface area contributed by atoms with Crippen molar-refractivity contribution in [1.82, 2.24) is 34.7 Å². The van der Waals surface area contributed by atoms with Crippen molar-refractivity contribution in [2.24, 2.45) is 0 Å². The molecule has 1 N–H and O–H groups in total. The molecular formula is C28H29N7O2. The molecule has 0 spiro atoms. The van der Waals surface area contributed by atoms with Crippen LogP contribution in [0.1, 0.15) is 36.6 Å². The van der Waals surface area contributed by atoms with Crippen molar-refractivity contribution in [2.75, 3.05) is 7.11 Å².